The molecule has 2 aliphatic rings. The van der Waals surface area contributed by atoms with Gasteiger partial charge in [0.25, 0.3) is 0 Å². The van der Waals surface area contributed by atoms with Gasteiger partial charge in [-0.15, -0.1) is 0 Å². The van der Waals surface area contributed by atoms with Crippen LogP contribution in [0.25, 0.3) is 0 Å². The molecule has 0 radical (unpaired) electrons. The highest BCUT2D eigenvalue weighted by Crippen LogP contribution is 2.30. The first-order valence-electron chi connectivity index (χ1n) is 8.03. The molecule has 1 aliphatic carbocycles. The second-order valence-electron chi connectivity index (χ2n) is 6.83. The van der Waals surface area contributed by atoms with E-state index in [0.717, 1.165) is 25.8 Å². The molecule has 4 heteroatoms. The number of amides is 2. The smallest absolute Gasteiger partial charge is 0.227 e. The van der Waals surface area contributed by atoms with E-state index in [0.29, 0.717) is 24.9 Å². The van der Waals surface area contributed by atoms with Gasteiger partial charge in [0, 0.05) is 32.6 Å². The first kappa shape index (κ1) is 15.3. The Balaban J connectivity index is 1.87. The van der Waals surface area contributed by atoms with Gasteiger partial charge in [-0.25, -0.2) is 0 Å². The molecule has 0 aromatic carbocycles. The largest absolute Gasteiger partial charge is 0.345 e. The van der Waals surface area contributed by atoms with Gasteiger partial charge >= 0.3 is 0 Å². The Morgan fingerprint density at radius 2 is 2.00 bits per heavy atom. The Morgan fingerprint density at radius 1 is 1.35 bits per heavy atom. The van der Waals surface area contributed by atoms with E-state index < -0.39 is 0 Å². The van der Waals surface area contributed by atoms with Crippen molar-refractivity contribution in [2.75, 3.05) is 20.1 Å². The lowest BCUT2D eigenvalue weighted by atomic mass is 10.1. The van der Waals surface area contributed by atoms with Crippen LogP contribution in [0.1, 0.15) is 52.4 Å². The zero-order valence-electron chi connectivity index (χ0n) is 13.1. The van der Waals surface area contributed by atoms with Gasteiger partial charge in [0.15, 0.2) is 0 Å². The molecule has 0 spiro atoms. The van der Waals surface area contributed by atoms with E-state index in [-0.39, 0.29) is 17.7 Å². The molecular formula is C16H28N2O2. The summed E-state index contributed by atoms with van der Waals surface area (Å²) in [6, 6.07) is 0.404. The molecule has 1 aliphatic heterocycles. The third-order valence-electron chi connectivity index (χ3n) is 4.69. The molecule has 114 valence electrons. The summed E-state index contributed by atoms with van der Waals surface area (Å²) in [5, 5.41) is 0. The average Bonchev–Trinajstić information content (AvgIpc) is 3.03. The molecule has 1 saturated heterocycles. The molecule has 2 fully saturated rings. The highest BCUT2D eigenvalue weighted by atomic mass is 16.2. The SMILES string of the molecule is CC(C)CCN(C)C(=O)C1CC(=O)N(C2CCCC2)C1. The second-order valence-corrected chi connectivity index (χ2v) is 6.83. The molecule has 20 heavy (non-hydrogen) atoms. The highest BCUT2D eigenvalue weighted by molar-refractivity contribution is 5.89. The number of hydrogen-bond acceptors (Lipinski definition) is 2. The van der Waals surface area contributed by atoms with Crippen molar-refractivity contribution in [3.05, 3.63) is 0 Å². The summed E-state index contributed by atoms with van der Waals surface area (Å²) in [7, 11) is 1.87. The number of carbonyl (C=O) groups is 2. The summed E-state index contributed by atoms with van der Waals surface area (Å²) in [4.78, 5) is 28.3. The van der Waals surface area contributed by atoms with Gasteiger partial charge in [-0.3, -0.25) is 9.59 Å². The molecule has 4 nitrogen and oxygen atoms in total. The molecule has 2 rings (SSSR count). The van der Waals surface area contributed by atoms with Crippen molar-refractivity contribution in [2.24, 2.45) is 11.8 Å². The Kier molecular flexibility index (Phi) is 5.06. The highest BCUT2D eigenvalue weighted by Gasteiger charge is 2.39. The predicted octanol–water partition coefficient (Wildman–Crippen LogP) is 2.28. The number of rotatable bonds is 5. The maximum absolute atomic E-state index is 12.4. The van der Waals surface area contributed by atoms with Crippen LogP contribution >= 0.6 is 0 Å². The number of likely N-dealkylation sites (tertiary alicyclic amines) is 1. The molecule has 0 N–H and O–H groups in total. The Hall–Kier alpha value is -1.06. The zero-order chi connectivity index (χ0) is 14.7. The van der Waals surface area contributed by atoms with E-state index in [2.05, 4.69) is 13.8 Å². The molecule has 1 saturated carbocycles. The van der Waals surface area contributed by atoms with Crippen LogP contribution in [0.3, 0.4) is 0 Å². The van der Waals surface area contributed by atoms with Crippen molar-refractivity contribution in [1.29, 1.82) is 0 Å². The summed E-state index contributed by atoms with van der Waals surface area (Å²) in [6.07, 6.45) is 6.13. The van der Waals surface area contributed by atoms with Gasteiger partial charge in [0.1, 0.15) is 0 Å². The van der Waals surface area contributed by atoms with E-state index in [1.807, 2.05) is 16.8 Å². The van der Waals surface area contributed by atoms with Crippen molar-refractivity contribution in [3.63, 3.8) is 0 Å². The molecule has 1 atom stereocenters. The summed E-state index contributed by atoms with van der Waals surface area (Å²) in [5.74, 6) is 0.831. The van der Waals surface area contributed by atoms with Crippen LogP contribution in [0, 0.1) is 11.8 Å². The second kappa shape index (κ2) is 6.59. The minimum absolute atomic E-state index is 0.111. The normalized spacial score (nSPS) is 23.9. The lowest BCUT2D eigenvalue weighted by Crippen LogP contribution is -2.38. The summed E-state index contributed by atoms with van der Waals surface area (Å²) < 4.78 is 0. The maximum Gasteiger partial charge on any atom is 0.227 e. The van der Waals surface area contributed by atoms with Gasteiger partial charge in [0.2, 0.25) is 11.8 Å². The van der Waals surface area contributed by atoms with Gasteiger partial charge < -0.3 is 9.80 Å². The van der Waals surface area contributed by atoms with Crippen LogP contribution in [0.5, 0.6) is 0 Å². The van der Waals surface area contributed by atoms with Crippen LogP contribution in [0.4, 0.5) is 0 Å². The van der Waals surface area contributed by atoms with Gasteiger partial charge in [-0.2, -0.15) is 0 Å². The van der Waals surface area contributed by atoms with Crippen molar-refractivity contribution in [1.82, 2.24) is 9.80 Å². The Labute approximate surface area is 122 Å². The third-order valence-corrected chi connectivity index (χ3v) is 4.69. The van der Waals surface area contributed by atoms with Crippen LogP contribution in [0.15, 0.2) is 0 Å². The van der Waals surface area contributed by atoms with Crippen molar-refractivity contribution >= 4 is 11.8 Å². The van der Waals surface area contributed by atoms with E-state index >= 15 is 0 Å². The monoisotopic (exact) mass is 280 g/mol. The van der Waals surface area contributed by atoms with Crippen molar-refractivity contribution < 1.29 is 9.59 Å². The quantitative estimate of drug-likeness (QED) is 0.775. The molecule has 2 amide bonds. The first-order chi connectivity index (χ1) is 9.49. The lowest BCUT2D eigenvalue weighted by molar-refractivity contribution is -0.134. The number of carbonyl (C=O) groups excluding carboxylic acids is 2. The average molecular weight is 280 g/mol. The fraction of sp³-hybridized carbons (Fsp3) is 0.875. The third kappa shape index (κ3) is 3.53. The molecule has 0 aromatic rings. The maximum atomic E-state index is 12.4. The minimum atomic E-state index is -0.111. The minimum Gasteiger partial charge on any atom is -0.345 e. The summed E-state index contributed by atoms with van der Waals surface area (Å²) >= 11 is 0. The molecule has 1 heterocycles. The van der Waals surface area contributed by atoms with Gasteiger partial charge in [0.05, 0.1) is 5.92 Å². The van der Waals surface area contributed by atoms with Crippen LogP contribution in [-0.4, -0.2) is 47.8 Å². The topological polar surface area (TPSA) is 40.6 Å². The number of hydrogen-bond donors (Lipinski definition) is 0. The lowest BCUT2D eigenvalue weighted by Gasteiger charge is -2.25. The van der Waals surface area contributed by atoms with Crippen LogP contribution in [0.2, 0.25) is 0 Å². The van der Waals surface area contributed by atoms with Crippen LogP contribution in [-0.2, 0) is 9.59 Å². The van der Waals surface area contributed by atoms with E-state index in [1.54, 1.807) is 0 Å². The first-order valence-corrected chi connectivity index (χ1v) is 8.03. The van der Waals surface area contributed by atoms with E-state index in [1.165, 1.54) is 12.8 Å². The molecule has 1 unspecified atom stereocenters. The van der Waals surface area contributed by atoms with Gasteiger partial charge in [-0.05, 0) is 25.2 Å². The summed E-state index contributed by atoms with van der Waals surface area (Å²) in [5.41, 5.74) is 0. The Bertz CT molecular complexity index is 361. The summed E-state index contributed by atoms with van der Waals surface area (Å²) in [6.45, 7) is 5.78. The zero-order valence-corrected chi connectivity index (χ0v) is 13.1. The number of nitrogens with zero attached hydrogens (tertiary/aromatic N) is 2. The van der Waals surface area contributed by atoms with E-state index in [9.17, 15) is 9.59 Å². The van der Waals surface area contributed by atoms with Crippen molar-refractivity contribution in [2.45, 2.75) is 58.4 Å². The predicted molar refractivity (Wildman–Crippen MR) is 79.2 cm³/mol. The van der Waals surface area contributed by atoms with Crippen LogP contribution < -0.4 is 0 Å². The van der Waals surface area contributed by atoms with Gasteiger partial charge in [-0.1, -0.05) is 26.7 Å². The van der Waals surface area contributed by atoms with E-state index in [4.69, 9.17) is 0 Å². The van der Waals surface area contributed by atoms with Crippen molar-refractivity contribution in [3.8, 4) is 0 Å². The fourth-order valence-electron chi connectivity index (χ4n) is 3.34. The Morgan fingerprint density at radius 3 is 2.60 bits per heavy atom. The molecular weight excluding hydrogens is 252 g/mol. The molecule has 0 aromatic heterocycles. The standard InChI is InChI=1S/C16H28N2O2/c1-12(2)8-9-17(3)16(20)13-10-15(19)18(11-13)14-6-4-5-7-14/h12-14H,4-11H2,1-3H3. The molecule has 0 bridgehead atoms. The fourth-order valence-corrected chi connectivity index (χ4v) is 3.34.